The number of fused-ring (bicyclic) bond motifs is 1. The van der Waals surface area contributed by atoms with Gasteiger partial charge in [-0.1, -0.05) is 18.7 Å². The van der Waals surface area contributed by atoms with E-state index in [9.17, 15) is 4.57 Å². The number of para-hydroxylation sites is 2. The Labute approximate surface area is 85.6 Å². The minimum absolute atomic E-state index is 0.129. The lowest BCUT2D eigenvalue weighted by Gasteiger charge is -2.02. The molecule has 2 aromatic rings. The first-order chi connectivity index (χ1) is 6.98. The second-order valence-electron chi connectivity index (χ2n) is 3.09. The molecule has 5 nitrogen and oxygen atoms in total. The number of hydrogen-bond acceptors (Lipinski definition) is 2. The normalized spacial score (nSPS) is 11.9. The van der Waals surface area contributed by atoms with E-state index in [0.717, 1.165) is 5.52 Å². The molecule has 0 aliphatic carbocycles. The molecular formula is C9H9N2O3P. The number of H-pyrrole nitrogens is 1. The van der Waals surface area contributed by atoms with E-state index in [1.807, 2.05) is 6.07 Å². The number of aromatic nitrogens is 2. The second-order valence-corrected chi connectivity index (χ2v) is 4.72. The highest BCUT2D eigenvalue weighted by atomic mass is 31.2. The van der Waals surface area contributed by atoms with Crippen molar-refractivity contribution in [3.63, 3.8) is 0 Å². The topological polar surface area (TPSA) is 86.2 Å². The third kappa shape index (κ3) is 1.85. The van der Waals surface area contributed by atoms with Crippen LogP contribution < -0.4 is 0 Å². The maximum Gasteiger partial charge on any atom is 0.359 e. The summed E-state index contributed by atoms with van der Waals surface area (Å²) in [6.07, 6.45) is 0. The van der Waals surface area contributed by atoms with Gasteiger partial charge in [0.25, 0.3) is 0 Å². The molecule has 0 amide bonds. The van der Waals surface area contributed by atoms with E-state index in [0.29, 0.717) is 5.52 Å². The Morgan fingerprint density at radius 1 is 1.40 bits per heavy atom. The van der Waals surface area contributed by atoms with E-state index in [2.05, 4.69) is 16.5 Å². The quantitative estimate of drug-likeness (QED) is 0.678. The summed E-state index contributed by atoms with van der Waals surface area (Å²) in [6, 6.07) is 7.14. The molecular weight excluding hydrogens is 215 g/mol. The molecule has 0 aliphatic heterocycles. The molecule has 0 bridgehead atoms. The Balaban J connectivity index is 2.55. The third-order valence-corrected chi connectivity index (χ3v) is 2.93. The fourth-order valence-corrected chi connectivity index (χ4v) is 1.61. The van der Waals surface area contributed by atoms with E-state index >= 15 is 0 Å². The highest BCUT2D eigenvalue weighted by molar-refractivity contribution is 7.63. The van der Waals surface area contributed by atoms with Crippen LogP contribution >= 0.6 is 7.60 Å². The number of rotatable bonds is 2. The summed E-state index contributed by atoms with van der Waals surface area (Å²) in [5.41, 5.74) is 1.38. The highest BCUT2D eigenvalue weighted by Gasteiger charge is 2.22. The molecule has 0 saturated carbocycles. The van der Waals surface area contributed by atoms with Crippen LogP contribution in [0.5, 0.6) is 0 Å². The van der Waals surface area contributed by atoms with Crippen LogP contribution in [-0.2, 0) is 4.57 Å². The van der Waals surface area contributed by atoms with Gasteiger partial charge in [0.15, 0.2) is 0 Å². The molecule has 15 heavy (non-hydrogen) atoms. The van der Waals surface area contributed by atoms with Gasteiger partial charge in [0.2, 0.25) is 0 Å². The van der Waals surface area contributed by atoms with Gasteiger partial charge in [-0.05, 0) is 12.1 Å². The summed E-state index contributed by atoms with van der Waals surface area (Å²) in [4.78, 5) is 24.7. The zero-order chi connectivity index (χ0) is 11.1. The Bertz CT molecular complexity index is 536. The highest BCUT2D eigenvalue weighted by Crippen LogP contribution is 2.48. The molecule has 0 fully saturated rings. The van der Waals surface area contributed by atoms with Crippen LogP contribution in [0.15, 0.2) is 30.8 Å². The monoisotopic (exact) mass is 224 g/mol. The standard InChI is InChI=1S/C9H9N2O3P/c1-6(15(12,13)14)9-10-7-4-2-3-5-8(7)11-9/h2-5H,1H2,(H,10,11)(H2,12,13,14). The van der Waals surface area contributed by atoms with Gasteiger partial charge in [-0.15, -0.1) is 0 Å². The van der Waals surface area contributed by atoms with E-state index in [-0.39, 0.29) is 11.1 Å². The van der Waals surface area contributed by atoms with E-state index < -0.39 is 7.60 Å². The van der Waals surface area contributed by atoms with Crippen molar-refractivity contribution in [2.24, 2.45) is 0 Å². The lowest BCUT2D eigenvalue weighted by Crippen LogP contribution is -1.87. The van der Waals surface area contributed by atoms with Gasteiger partial charge in [0.1, 0.15) is 5.82 Å². The van der Waals surface area contributed by atoms with Crippen LogP contribution in [0.1, 0.15) is 5.82 Å². The number of benzene rings is 1. The van der Waals surface area contributed by atoms with Crippen molar-refractivity contribution in [3.8, 4) is 0 Å². The Morgan fingerprint density at radius 3 is 2.67 bits per heavy atom. The first kappa shape index (κ1) is 10.1. The van der Waals surface area contributed by atoms with E-state index in [1.165, 1.54) is 0 Å². The Morgan fingerprint density at radius 2 is 2.07 bits per heavy atom. The van der Waals surface area contributed by atoms with Gasteiger partial charge < -0.3 is 14.8 Å². The van der Waals surface area contributed by atoms with Gasteiger partial charge in [0.05, 0.1) is 16.3 Å². The van der Waals surface area contributed by atoms with Crippen molar-refractivity contribution in [2.75, 3.05) is 0 Å². The van der Waals surface area contributed by atoms with E-state index in [1.54, 1.807) is 18.2 Å². The maximum absolute atomic E-state index is 10.9. The van der Waals surface area contributed by atoms with Gasteiger partial charge in [-0.2, -0.15) is 0 Å². The maximum atomic E-state index is 10.9. The fraction of sp³-hybridized carbons (Fsp3) is 0. The largest absolute Gasteiger partial charge is 0.359 e. The number of hydrogen-bond donors (Lipinski definition) is 3. The first-order valence-electron chi connectivity index (χ1n) is 4.18. The van der Waals surface area contributed by atoms with Crippen molar-refractivity contribution in [3.05, 3.63) is 36.7 Å². The van der Waals surface area contributed by atoms with Gasteiger partial charge >= 0.3 is 7.60 Å². The lowest BCUT2D eigenvalue weighted by molar-refractivity contribution is 0.388. The van der Waals surface area contributed by atoms with Crippen LogP contribution in [-0.4, -0.2) is 19.8 Å². The number of aromatic amines is 1. The third-order valence-electron chi connectivity index (χ3n) is 2.01. The summed E-state index contributed by atoms with van der Waals surface area (Å²) in [7, 11) is -4.32. The SMILES string of the molecule is C=C(c1nc2ccccc2[nH]1)P(=O)(O)O. The van der Waals surface area contributed by atoms with Gasteiger partial charge in [-0.3, -0.25) is 4.57 Å². The molecule has 1 aromatic carbocycles. The van der Waals surface area contributed by atoms with Crippen LogP contribution in [0.25, 0.3) is 16.3 Å². The molecule has 3 N–H and O–H groups in total. The Hall–Kier alpha value is -1.42. The molecule has 2 rings (SSSR count). The average Bonchev–Trinajstić information content (AvgIpc) is 2.58. The molecule has 1 aromatic heterocycles. The number of nitrogens with zero attached hydrogens (tertiary/aromatic N) is 1. The molecule has 0 unspecified atom stereocenters. The average molecular weight is 224 g/mol. The molecule has 6 heteroatoms. The lowest BCUT2D eigenvalue weighted by atomic mass is 10.3. The minimum Gasteiger partial charge on any atom is -0.338 e. The number of imidazole rings is 1. The van der Waals surface area contributed by atoms with E-state index in [4.69, 9.17) is 9.79 Å². The molecule has 78 valence electrons. The molecule has 0 atom stereocenters. The first-order valence-corrected chi connectivity index (χ1v) is 5.80. The van der Waals surface area contributed by atoms with Crippen molar-refractivity contribution >= 4 is 23.9 Å². The minimum atomic E-state index is -4.32. The predicted octanol–water partition coefficient (Wildman–Crippen LogP) is 1.71. The fourth-order valence-electron chi connectivity index (χ4n) is 1.23. The second kappa shape index (κ2) is 3.31. The summed E-state index contributed by atoms with van der Waals surface area (Å²) >= 11 is 0. The zero-order valence-electron chi connectivity index (χ0n) is 7.71. The predicted molar refractivity (Wildman–Crippen MR) is 57.2 cm³/mol. The van der Waals surface area contributed by atoms with Crippen LogP contribution in [0, 0.1) is 0 Å². The smallest absolute Gasteiger partial charge is 0.338 e. The summed E-state index contributed by atoms with van der Waals surface area (Å²) < 4.78 is 10.9. The van der Waals surface area contributed by atoms with Crippen molar-refractivity contribution in [1.82, 2.24) is 9.97 Å². The van der Waals surface area contributed by atoms with Crippen molar-refractivity contribution in [1.29, 1.82) is 0 Å². The van der Waals surface area contributed by atoms with Crippen molar-refractivity contribution < 1.29 is 14.4 Å². The molecule has 0 radical (unpaired) electrons. The summed E-state index contributed by atoms with van der Waals surface area (Å²) in [6.45, 7) is 3.33. The summed E-state index contributed by atoms with van der Waals surface area (Å²) in [5, 5.41) is -0.293. The molecule has 0 saturated heterocycles. The van der Waals surface area contributed by atoms with Crippen LogP contribution in [0.2, 0.25) is 0 Å². The Kier molecular flexibility index (Phi) is 2.23. The number of nitrogens with one attached hydrogen (secondary N) is 1. The molecule has 0 spiro atoms. The zero-order valence-corrected chi connectivity index (χ0v) is 8.61. The van der Waals surface area contributed by atoms with Crippen LogP contribution in [0.4, 0.5) is 0 Å². The summed E-state index contributed by atoms with van der Waals surface area (Å²) in [5.74, 6) is 0.129. The van der Waals surface area contributed by atoms with Crippen molar-refractivity contribution in [2.45, 2.75) is 0 Å². The van der Waals surface area contributed by atoms with Gasteiger partial charge in [0, 0.05) is 0 Å². The molecule has 0 aliphatic rings. The van der Waals surface area contributed by atoms with Crippen LogP contribution in [0.3, 0.4) is 0 Å². The van der Waals surface area contributed by atoms with Gasteiger partial charge in [-0.25, -0.2) is 4.98 Å². The molecule has 1 heterocycles.